The summed E-state index contributed by atoms with van der Waals surface area (Å²) in [5.41, 5.74) is 2.04. The molecule has 1 aliphatic rings. The first kappa shape index (κ1) is 15.2. The maximum absolute atomic E-state index is 10.0. The zero-order valence-electron chi connectivity index (χ0n) is 12.9. The molecule has 5 nitrogen and oxygen atoms in total. The number of likely N-dealkylation sites (tertiary alicyclic amines) is 1. The number of aliphatic hydroxyl groups excluding tert-OH is 1. The number of rotatable bonds is 7. The number of β-amino-alcohol motifs (C(OH)–C–C–N with tert-alkyl or cyclic N) is 1. The van der Waals surface area contributed by atoms with E-state index in [-0.39, 0.29) is 6.10 Å². The molecule has 0 amide bonds. The monoisotopic (exact) mass is 300 g/mol. The summed E-state index contributed by atoms with van der Waals surface area (Å²) in [7, 11) is 0. The highest BCUT2D eigenvalue weighted by molar-refractivity contribution is 5.30. The molecule has 5 heteroatoms. The first-order valence-electron chi connectivity index (χ1n) is 8.02. The molecule has 2 heterocycles. The maximum Gasteiger partial charge on any atom is 0.0791 e. The maximum atomic E-state index is 10.0. The number of benzene rings is 1. The minimum absolute atomic E-state index is 0.311. The predicted molar refractivity (Wildman–Crippen MR) is 87.0 cm³/mol. The van der Waals surface area contributed by atoms with Crippen LogP contribution in [0.15, 0.2) is 42.6 Å². The van der Waals surface area contributed by atoms with Crippen molar-refractivity contribution in [3.63, 3.8) is 0 Å². The molecule has 2 N–H and O–H groups in total. The number of para-hydroxylation sites is 1. The molecule has 1 aromatic heterocycles. The molecule has 0 bridgehead atoms. The Labute approximate surface area is 131 Å². The van der Waals surface area contributed by atoms with Crippen LogP contribution in [-0.2, 0) is 6.54 Å². The van der Waals surface area contributed by atoms with Crippen LogP contribution in [-0.4, -0.2) is 52.1 Å². The van der Waals surface area contributed by atoms with Gasteiger partial charge < -0.3 is 15.3 Å². The fourth-order valence-corrected chi connectivity index (χ4v) is 2.88. The van der Waals surface area contributed by atoms with Crippen LogP contribution < -0.4 is 5.32 Å². The van der Waals surface area contributed by atoms with E-state index in [1.807, 2.05) is 47.3 Å². The van der Waals surface area contributed by atoms with E-state index in [1.165, 1.54) is 12.8 Å². The topological polar surface area (TPSA) is 53.3 Å². The van der Waals surface area contributed by atoms with Crippen LogP contribution in [0, 0.1) is 0 Å². The van der Waals surface area contributed by atoms with Gasteiger partial charge in [-0.25, -0.2) is 4.68 Å². The predicted octanol–water partition coefficient (Wildman–Crippen LogP) is 1.42. The summed E-state index contributed by atoms with van der Waals surface area (Å²) < 4.78 is 1.87. The third-order valence-electron chi connectivity index (χ3n) is 4.02. The van der Waals surface area contributed by atoms with Gasteiger partial charge in [-0.2, -0.15) is 5.10 Å². The van der Waals surface area contributed by atoms with Gasteiger partial charge in [0.15, 0.2) is 0 Å². The average molecular weight is 300 g/mol. The Morgan fingerprint density at radius 2 is 1.91 bits per heavy atom. The molecule has 0 saturated carbocycles. The van der Waals surface area contributed by atoms with E-state index in [0.717, 1.165) is 31.0 Å². The number of nitrogens with one attached hydrogen (secondary N) is 1. The van der Waals surface area contributed by atoms with Gasteiger partial charge in [-0.15, -0.1) is 0 Å². The lowest BCUT2D eigenvalue weighted by Crippen LogP contribution is -2.36. The normalized spacial score (nSPS) is 17.0. The number of nitrogens with zero attached hydrogens (tertiary/aromatic N) is 3. The molecule has 1 aliphatic heterocycles. The third kappa shape index (κ3) is 4.16. The summed E-state index contributed by atoms with van der Waals surface area (Å²) >= 11 is 0. The third-order valence-corrected chi connectivity index (χ3v) is 4.02. The lowest BCUT2D eigenvalue weighted by Gasteiger charge is -2.19. The molecule has 1 aromatic carbocycles. The van der Waals surface area contributed by atoms with Crippen molar-refractivity contribution in [2.45, 2.75) is 25.5 Å². The van der Waals surface area contributed by atoms with E-state index in [2.05, 4.69) is 15.3 Å². The van der Waals surface area contributed by atoms with Crippen molar-refractivity contribution in [2.24, 2.45) is 0 Å². The first-order chi connectivity index (χ1) is 10.8. The van der Waals surface area contributed by atoms with Gasteiger partial charge in [-0.3, -0.25) is 0 Å². The Kier molecular flexibility index (Phi) is 5.21. The van der Waals surface area contributed by atoms with Crippen molar-refractivity contribution in [2.75, 3.05) is 26.2 Å². The summed E-state index contributed by atoms with van der Waals surface area (Å²) in [6, 6.07) is 12.1. The fraction of sp³-hybridized carbons (Fsp3) is 0.471. The van der Waals surface area contributed by atoms with Crippen molar-refractivity contribution in [3.05, 3.63) is 48.3 Å². The minimum Gasteiger partial charge on any atom is -0.390 e. The lowest BCUT2D eigenvalue weighted by atomic mass is 10.3. The standard InChI is InChI=1S/C17H24N4O/c22-17(14-20-9-4-5-10-20)13-18-12-15-8-11-21(19-15)16-6-2-1-3-7-16/h1-3,6-8,11,17-18,22H,4-5,9-10,12-14H2. The van der Waals surface area contributed by atoms with Crippen molar-refractivity contribution < 1.29 is 5.11 Å². The van der Waals surface area contributed by atoms with Gasteiger partial charge in [-0.1, -0.05) is 18.2 Å². The molecule has 0 aliphatic carbocycles. The van der Waals surface area contributed by atoms with E-state index in [0.29, 0.717) is 13.1 Å². The molecule has 1 fully saturated rings. The fourth-order valence-electron chi connectivity index (χ4n) is 2.88. The van der Waals surface area contributed by atoms with Gasteiger partial charge in [0.2, 0.25) is 0 Å². The first-order valence-corrected chi connectivity index (χ1v) is 8.02. The Bertz CT molecular complexity index is 563. The van der Waals surface area contributed by atoms with Crippen molar-refractivity contribution >= 4 is 0 Å². The summed E-state index contributed by atoms with van der Waals surface area (Å²) in [5.74, 6) is 0. The van der Waals surface area contributed by atoms with Crippen LogP contribution >= 0.6 is 0 Å². The number of aromatic nitrogens is 2. The lowest BCUT2D eigenvalue weighted by molar-refractivity contribution is 0.123. The molecule has 0 radical (unpaired) electrons. The molecule has 1 saturated heterocycles. The SMILES string of the molecule is OC(CNCc1ccn(-c2ccccc2)n1)CN1CCCC1. The summed E-state index contributed by atoms with van der Waals surface area (Å²) in [6.45, 7) is 4.30. The average Bonchev–Trinajstić information content (AvgIpc) is 3.20. The second-order valence-electron chi connectivity index (χ2n) is 5.88. The van der Waals surface area contributed by atoms with Gasteiger partial charge >= 0.3 is 0 Å². The van der Waals surface area contributed by atoms with Crippen LogP contribution in [0.1, 0.15) is 18.5 Å². The van der Waals surface area contributed by atoms with Gasteiger partial charge in [0.1, 0.15) is 0 Å². The molecular weight excluding hydrogens is 276 g/mol. The highest BCUT2D eigenvalue weighted by Gasteiger charge is 2.15. The van der Waals surface area contributed by atoms with Crippen LogP contribution in [0.5, 0.6) is 0 Å². The quantitative estimate of drug-likeness (QED) is 0.812. The number of hydrogen-bond donors (Lipinski definition) is 2. The van der Waals surface area contributed by atoms with Gasteiger partial charge in [0.25, 0.3) is 0 Å². The van der Waals surface area contributed by atoms with E-state index in [9.17, 15) is 5.11 Å². The Morgan fingerprint density at radius 3 is 2.68 bits per heavy atom. The molecule has 1 atom stereocenters. The molecule has 22 heavy (non-hydrogen) atoms. The van der Waals surface area contributed by atoms with E-state index < -0.39 is 0 Å². The van der Waals surface area contributed by atoms with Crippen LogP contribution in [0.25, 0.3) is 5.69 Å². The zero-order chi connectivity index (χ0) is 15.2. The number of aliphatic hydroxyl groups is 1. The summed E-state index contributed by atoms with van der Waals surface area (Å²) in [6.07, 6.45) is 4.18. The van der Waals surface area contributed by atoms with Gasteiger partial charge in [0, 0.05) is 25.8 Å². The Hall–Kier alpha value is -1.69. The van der Waals surface area contributed by atoms with Crippen molar-refractivity contribution in [1.29, 1.82) is 0 Å². The number of hydrogen-bond acceptors (Lipinski definition) is 4. The van der Waals surface area contributed by atoms with Crippen LogP contribution in [0.2, 0.25) is 0 Å². The van der Waals surface area contributed by atoms with Crippen molar-refractivity contribution in [3.8, 4) is 5.69 Å². The minimum atomic E-state index is -0.311. The largest absolute Gasteiger partial charge is 0.390 e. The second kappa shape index (κ2) is 7.54. The summed E-state index contributed by atoms with van der Waals surface area (Å²) in [5, 5.41) is 17.9. The molecule has 0 spiro atoms. The molecule has 2 aromatic rings. The van der Waals surface area contributed by atoms with E-state index in [4.69, 9.17) is 0 Å². The summed E-state index contributed by atoms with van der Waals surface area (Å²) in [4.78, 5) is 2.33. The zero-order valence-corrected chi connectivity index (χ0v) is 12.9. The van der Waals surface area contributed by atoms with E-state index in [1.54, 1.807) is 0 Å². The highest BCUT2D eigenvalue weighted by atomic mass is 16.3. The van der Waals surface area contributed by atoms with Crippen molar-refractivity contribution in [1.82, 2.24) is 20.0 Å². The van der Waals surface area contributed by atoms with E-state index >= 15 is 0 Å². The van der Waals surface area contributed by atoms with Crippen LogP contribution in [0.3, 0.4) is 0 Å². The van der Waals surface area contributed by atoms with Gasteiger partial charge in [-0.05, 0) is 44.1 Å². The Balaban J connectivity index is 1.43. The molecule has 118 valence electrons. The smallest absolute Gasteiger partial charge is 0.0791 e. The molecule has 3 rings (SSSR count). The highest BCUT2D eigenvalue weighted by Crippen LogP contribution is 2.08. The Morgan fingerprint density at radius 1 is 1.14 bits per heavy atom. The molecular formula is C17H24N4O. The van der Waals surface area contributed by atoms with Gasteiger partial charge in [0.05, 0.1) is 17.5 Å². The second-order valence-corrected chi connectivity index (χ2v) is 5.88. The molecule has 1 unspecified atom stereocenters. The van der Waals surface area contributed by atoms with Crippen LogP contribution in [0.4, 0.5) is 0 Å².